The molecule has 1 aromatic carbocycles. The van der Waals surface area contributed by atoms with Crippen LogP contribution in [0.5, 0.6) is 5.75 Å². The molecule has 0 saturated carbocycles. The molecule has 1 amide bonds. The summed E-state index contributed by atoms with van der Waals surface area (Å²) in [7, 11) is 0. The van der Waals surface area contributed by atoms with Gasteiger partial charge in [0.2, 0.25) is 11.1 Å². The molecule has 0 spiro atoms. The highest BCUT2D eigenvalue weighted by atomic mass is 32.2. The van der Waals surface area contributed by atoms with Gasteiger partial charge in [0.25, 0.3) is 0 Å². The highest BCUT2D eigenvalue weighted by molar-refractivity contribution is 7.99. The zero-order valence-corrected chi connectivity index (χ0v) is 15.6. The molecule has 2 aromatic heterocycles. The SMILES string of the molecule is CCOc1ccc(NC(=O)CSc2nnc(CC)n2-n2cccc2)cc1. The van der Waals surface area contributed by atoms with Gasteiger partial charge in [-0.2, -0.15) is 0 Å². The third-order valence-electron chi connectivity index (χ3n) is 3.59. The molecule has 0 bridgehead atoms. The van der Waals surface area contributed by atoms with Crippen LogP contribution in [0.3, 0.4) is 0 Å². The Balaban J connectivity index is 1.62. The van der Waals surface area contributed by atoms with Gasteiger partial charge in [-0.25, -0.2) is 4.68 Å². The van der Waals surface area contributed by atoms with Crippen molar-refractivity contribution in [3.05, 3.63) is 54.6 Å². The molecule has 8 heteroatoms. The highest BCUT2D eigenvalue weighted by Crippen LogP contribution is 2.19. The molecule has 136 valence electrons. The van der Waals surface area contributed by atoms with Gasteiger partial charge in [0.05, 0.1) is 12.4 Å². The molecule has 0 atom stereocenters. The van der Waals surface area contributed by atoms with Gasteiger partial charge >= 0.3 is 0 Å². The number of carbonyl (C=O) groups excluding carboxylic acids is 1. The second kappa shape index (κ2) is 8.57. The molecule has 0 aliphatic rings. The quantitative estimate of drug-likeness (QED) is 0.616. The van der Waals surface area contributed by atoms with Gasteiger partial charge < -0.3 is 10.1 Å². The lowest BCUT2D eigenvalue weighted by Gasteiger charge is -2.10. The number of thioether (sulfide) groups is 1. The number of amides is 1. The maximum atomic E-state index is 12.2. The maximum Gasteiger partial charge on any atom is 0.234 e. The molecule has 0 saturated heterocycles. The summed E-state index contributed by atoms with van der Waals surface area (Å²) < 4.78 is 9.22. The van der Waals surface area contributed by atoms with Crippen LogP contribution in [-0.2, 0) is 11.2 Å². The maximum absolute atomic E-state index is 12.2. The fraction of sp³-hybridized carbons (Fsp3) is 0.278. The van der Waals surface area contributed by atoms with E-state index in [1.54, 1.807) is 0 Å². The summed E-state index contributed by atoms with van der Waals surface area (Å²) in [4.78, 5) is 12.2. The van der Waals surface area contributed by atoms with E-state index in [1.807, 2.05) is 72.0 Å². The van der Waals surface area contributed by atoms with Gasteiger partial charge in [0, 0.05) is 24.5 Å². The summed E-state index contributed by atoms with van der Waals surface area (Å²) >= 11 is 1.35. The van der Waals surface area contributed by atoms with E-state index in [4.69, 9.17) is 4.74 Å². The molecule has 3 aromatic rings. The van der Waals surface area contributed by atoms with Crippen molar-refractivity contribution in [2.24, 2.45) is 0 Å². The van der Waals surface area contributed by atoms with Crippen LogP contribution < -0.4 is 10.1 Å². The van der Waals surface area contributed by atoms with Gasteiger partial charge in [-0.15, -0.1) is 10.2 Å². The number of hydrogen-bond acceptors (Lipinski definition) is 5. The second-order valence-corrected chi connectivity index (χ2v) is 6.36. The van der Waals surface area contributed by atoms with Crippen LogP contribution in [0.1, 0.15) is 19.7 Å². The third kappa shape index (κ3) is 4.26. The van der Waals surface area contributed by atoms with E-state index in [2.05, 4.69) is 15.5 Å². The molecule has 1 N–H and O–H groups in total. The Morgan fingerprint density at radius 1 is 1.15 bits per heavy atom. The Labute approximate surface area is 156 Å². The van der Waals surface area contributed by atoms with E-state index in [0.717, 1.165) is 23.7 Å². The van der Waals surface area contributed by atoms with Crippen molar-refractivity contribution in [1.82, 2.24) is 19.5 Å². The van der Waals surface area contributed by atoms with Crippen molar-refractivity contribution >= 4 is 23.4 Å². The number of nitrogens with one attached hydrogen (secondary N) is 1. The lowest BCUT2D eigenvalue weighted by molar-refractivity contribution is -0.113. The standard InChI is InChI=1S/C18H21N5O2S/c1-3-16-20-21-18(23(16)22-11-5-6-12-22)26-13-17(24)19-14-7-9-15(10-8-14)25-4-2/h5-12H,3-4,13H2,1-2H3,(H,19,24). The van der Waals surface area contributed by atoms with Crippen LogP contribution in [0.15, 0.2) is 53.9 Å². The Kier molecular flexibility index (Phi) is 5.96. The number of aryl methyl sites for hydroxylation is 1. The number of aromatic nitrogens is 4. The molecular weight excluding hydrogens is 350 g/mol. The van der Waals surface area contributed by atoms with Crippen LogP contribution in [-0.4, -0.2) is 37.8 Å². The molecule has 0 aliphatic heterocycles. The van der Waals surface area contributed by atoms with Gasteiger partial charge in [-0.05, 0) is 43.3 Å². The third-order valence-corrected chi connectivity index (χ3v) is 4.51. The number of hydrogen-bond donors (Lipinski definition) is 1. The van der Waals surface area contributed by atoms with Crippen molar-refractivity contribution in [2.75, 3.05) is 17.7 Å². The van der Waals surface area contributed by atoms with Crippen molar-refractivity contribution in [3.63, 3.8) is 0 Å². The molecule has 0 unspecified atom stereocenters. The normalized spacial score (nSPS) is 10.7. The molecule has 3 rings (SSSR count). The van der Waals surface area contributed by atoms with Crippen LogP contribution in [0.4, 0.5) is 5.69 Å². The highest BCUT2D eigenvalue weighted by Gasteiger charge is 2.14. The van der Waals surface area contributed by atoms with E-state index in [1.165, 1.54) is 11.8 Å². The molecule has 0 aliphatic carbocycles. The van der Waals surface area contributed by atoms with Crippen molar-refractivity contribution in [1.29, 1.82) is 0 Å². The zero-order chi connectivity index (χ0) is 18.4. The first-order chi connectivity index (χ1) is 12.7. The van der Waals surface area contributed by atoms with Crippen LogP contribution in [0.2, 0.25) is 0 Å². The first-order valence-corrected chi connectivity index (χ1v) is 9.43. The molecular formula is C18H21N5O2S. The number of rotatable bonds is 8. The number of anilines is 1. The predicted molar refractivity (Wildman–Crippen MR) is 102 cm³/mol. The van der Waals surface area contributed by atoms with E-state index in [-0.39, 0.29) is 11.7 Å². The molecule has 2 heterocycles. The topological polar surface area (TPSA) is 74.0 Å². The number of carbonyl (C=O) groups is 1. The largest absolute Gasteiger partial charge is 0.494 e. The monoisotopic (exact) mass is 371 g/mol. The summed E-state index contributed by atoms with van der Waals surface area (Å²) in [5.41, 5.74) is 0.736. The fourth-order valence-corrected chi connectivity index (χ4v) is 3.18. The molecule has 7 nitrogen and oxygen atoms in total. The average molecular weight is 371 g/mol. The number of benzene rings is 1. The fourth-order valence-electron chi connectivity index (χ4n) is 2.43. The summed E-state index contributed by atoms with van der Waals surface area (Å²) in [5.74, 6) is 1.78. The minimum atomic E-state index is -0.0979. The minimum absolute atomic E-state index is 0.0979. The Morgan fingerprint density at radius 3 is 2.54 bits per heavy atom. The van der Waals surface area contributed by atoms with Crippen LogP contribution in [0, 0.1) is 0 Å². The summed E-state index contributed by atoms with van der Waals surface area (Å²) in [6.07, 6.45) is 4.60. The summed E-state index contributed by atoms with van der Waals surface area (Å²) in [6, 6.07) is 11.2. The van der Waals surface area contributed by atoms with E-state index in [0.29, 0.717) is 11.8 Å². The van der Waals surface area contributed by atoms with Gasteiger partial charge in [0.1, 0.15) is 5.75 Å². The summed E-state index contributed by atoms with van der Waals surface area (Å²) in [5, 5.41) is 12.0. The first kappa shape index (κ1) is 18.1. The van der Waals surface area contributed by atoms with Crippen molar-refractivity contribution < 1.29 is 9.53 Å². The van der Waals surface area contributed by atoms with Crippen molar-refractivity contribution in [3.8, 4) is 5.75 Å². The van der Waals surface area contributed by atoms with Crippen LogP contribution >= 0.6 is 11.8 Å². The molecule has 0 radical (unpaired) electrons. The lowest BCUT2D eigenvalue weighted by Crippen LogP contribution is -2.16. The number of nitrogens with zero attached hydrogens (tertiary/aromatic N) is 4. The van der Waals surface area contributed by atoms with Gasteiger partial charge in [-0.3, -0.25) is 9.47 Å². The van der Waals surface area contributed by atoms with Gasteiger partial charge in [0.15, 0.2) is 5.82 Å². The lowest BCUT2D eigenvalue weighted by atomic mass is 10.3. The van der Waals surface area contributed by atoms with Gasteiger partial charge in [-0.1, -0.05) is 18.7 Å². The Bertz CT molecular complexity index is 843. The molecule has 26 heavy (non-hydrogen) atoms. The Hall–Kier alpha value is -2.74. The second-order valence-electron chi connectivity index (χ2n) is 5.42. The first-order valence-electron chi connectivity index (χ1n) is 8.44. The Morgan fingerprint density at radius 2 is 1.88 bits per heavy atom. The van der Waals surface area contributed by atoms with Crippen molar-refractivity contribution in [2.45, 2.75) is 25.4 Å². The predicted octanol–water partition coefficient (Wildman–Crippen LogP) is 3.08. The van der Waals surface area contributed by atoms with E-state index < -0.39 is 0 Å². The summed E-state index contributed by atoms with van der Waals surface area (Å²) in [6.45, 7) is 4.57. The molecule has 0 fully saturated rings. The van der Waals surface area contributed by atoms with Crippen LogP contribution in [0.25, 0.3) is 0 Å². The van der Waals surface area contributed by atoms with E-state index in [9.17, 15) is 4.79 Å². The van der Waals surface area contributed by atoms with E-state index >= 15 is 0 Å². The average Bonchev–Trinajstić information content (AvgIpc) is 3.30. The zero-order valence-electron chi connectivity index (χ0n) is 14.8. The minimum Gasteiger partial charge on any atom is -0.494 e. The number of ether oxygens (including phenoxy) is 1. The smallest absolute Gasteiger partial charge is 0.234 e.